The molecule has 4 aliphatic carbocycles. The summed E-state index contributed by atoms with van der Waals surface area (Å²) in [6.07, 6.45) is 12.7. The molecule has 0 bridgehead atoms. The highest BCUT2D eigenvalue weighted by atomic mass is 32.4. The zero-order valence-electron chi connectivity index (χ0n) is 18.0. The van der Waals surface area contributed by atoms with E-state index in [9.17, 15) is 9.59 Å². The van der Waals surface area contributed by atoms with Gasteiger partial charge in [-0.3, -0.25) is 9.59 Å². The van der Waals surface area contributed by atoms with Crippen LogP contribution < -0.4 is 0 Å². The maximum Gasteiger partial charge on any atom is 0.155 e. The van der Waals surface area contributed by atoms with Gasteiger partial charge >= 0.3 is 0 Å². The summed E-state index contributed by atoms with van der Waals surface area (Å²) in [5, 5.41) is 0. The average molecular weight is 486 g/mol. The first-order valence-electron chi connectivity index (χ1n) is 11.0. The van der Waals surface area contributed by atoms with Crippen molar-refractivity contribution in [1.29, 1.82) is 0 Å². The van der Waals surface area contributed by atoms with E-state index in [0.717, 1.165) is 19.3 Å². The van der Waals surface area contributed by atoms with Crippen LogP contribution >= 0.6 is 34.4 Å². The van der Waals surface area contributed by atoms with Gasteiger partial charge in [0.15, 0.2) is 5.78 Å². The molecule has 0 heterocycles. The third-order valence-electron chi connectivity index (χ3n) is 8.63. The molecule has 0 spiro atoms. The van der Waals surface area contributed by atoms with Crippen molar-refractivity contribution in [2.75, 3.05) is 5.90 Å². The molecule has 3 saturated carbocycles. The zero-order valence-corrected chi connectivity index (χ0v) is 22.4. The van der Waals surface area contributed by atoms with Crippen LogP contribution in [-0.4, -0.2) is 17.5 Å². The van der Waals surface area contributed by atoms with Crippen molar-refractivity contribution >= 4 is 46.0 Å². The largest absolute Gasteiger partial charge is 0.300 e. The number of rotatable bonds is 3. The maximum absolute atomic E-state index is 12.2. The van der Waals surface area contributed by atoms with Gasteiger partial charge in [-0.1, -0.05) is 33.3 Å². The van der Waals surface area contributed by atoms with Crippen molar-refractivity contribution in [3.8, 4) is 0 Å². The molecule has 0 N–H and O–H groups in total. The SMILES string of the molecule is C.C=C[C@]12CCC(=O)C=C1CC[C@H]1[C@@H]3CC[C@H](C(C)=O)[C@@]3(C)CC[C@@H]12.PCP(P)P. The lowest BCUT2D eigenvalue weighted by Crippen LogP contribution is -2.51. The Kier molecular flexibility index (Phi) is 9.51. The highest BCUT2D eigenvalue weighted by Crippen LogP contribution is 2.67. The van der Waals surface area contributed by atoms with E-state index in [-0.39, 0.29) is 31.5 Å². The molecular formula is C24H42O2P4. The van der Waals surface area contributed by atoms with Crippen LogP contribution in [0.3, 0.4) is 0 Å². The molecule has 0 aliphatic heterocycles. The van der Waals surface area contributed by atoms with Crippen LogP contribution in [0.1, 0.15) is 72.6 Å². The van der Waals surface area contributed by atoms with E-state index < -0.39 is 0 Å². The average Bonchev–Trinajstić information content (AvgIpc) is 3.05. The lowest BCUT2D eigenvalue weighted by atomic mass is 9.46. The molecule has 0 radical (unpaired) electrons. The Hall–Kier alpha value is 0.540. The Balaban J connectivity index is 0.000000482. The van der Waals surface area contributed by atoms with Crippen LogP contribution in [-0.2, 0) is 9.59 Å². The van der Waals surface area contributed by atoms with E-state index in [1.165, 1.54) is 37.2 Å². The summed E-state index contributed by atoms with van der Waals surface area (Å²) in [4.78, 5) is 24.1. The molecule has 4 aliphatic rings. The van der Waals surface area contributed by atoms with E-state index in [0.29, 0.717) is 35.7 Å². The molecule has 6 heteroatoms. The fourth-order valence-electron chi connectivity index (χ4n) is 7.32. The number of ketones is 2. The normalized spacial score (nSPS) is 39.4. The van der Waals surface area contributed by atoms with Crippen LogP contribution in [0, 0.1) is 34.5 Å². The van der Waals surface area contributed by atoms with E-state index >= 15 is 0 Å². The number of carbonyl (C=O) groups excluding carboxylic acids is 2. The Morgan fingerprint density at radius 3 is 2.43 bits per heavy atom. The summed E-state index contributed by atoms with van der Waals surface area (Å²) in [7, 11) is 8.36. The predicted octanol–water partition coefficient (Wildman–Crippen LogP) is 7.41. The molecule has 0 aromatic rings. The van der Waals surface area contributed by atoms with Crippen molar-refractivity contribution in [3.63, 3.8) is 0 Å². The van der Waals surface area contributed by atoms with Crippen LogP contribution in [0.2, 0.25) is 0 Å². The summed E-state index contributed by atoms with van der Waals surface area (Å²) in [5.41, 5.74) is 1.63. The summed E-state index contributed by atoms with van der Waals surface area (Å²) in [6.45, 7) is 8.40. The van der Waals surface area contributed by atoms with Crippen LogP contribution in [0.15, 0.2) is 24.3 Å². The number of carbonyl (C=O) groups is 2. The zero-order chi connectivity index (χ0) is 21.4. The molecule has 0 aromatic carbocycles. The van der Waals surface area contributed by atoms with Gasteiger partial charge in [-0.15, -0.1) is 33.7 Å². The fourth-order valence-corrected chi connectivity index (χ4v) is 7.32. The van der Waals surface area contributed by atoms with Gasteiger partial charge in [-0.05, 0) is 87.0 Å². The summed E-state index contributed by atoms with van der Waals surface area (Å²) in [6, 6.07) is 0. The molecule has 2 nitrogen and oxygen atoms in total. The molecule has 3 fully saturated rings. The van der Waals surface area contributed by atoms with E-state index in [1.807, 2.05) is 6.08 Å². The number of hydrogen-bond acceptors (Lipinski definition) is 2. The summed E-state index contributed by atoms with van der Waals surface area (Å²) in [5.74, 6) is 4.21. The molecule has 0 saturated heterocycles. The van der Waals surface area contributed by atoms with Gasteiger partial charge in [0.1, 0.15) is 5.78 Å². The highest BCUT2D eigenvalue weighted by molar-refractivity contribution is 8.44. The van der Waals surface area contributed by atoms with Crippen molar-refractivity contribution in [1.82, 2.24) is 0 Å². The molecule has 170 valence electrons. The van der Waals surface area contributed by atoms with E-state index in [4.69, 9.17) is 0 Å². The van der Waals surface area contributed by atoms with Gasteiger partial charge < -0.3 is 0 Å². The third-order valence-corrected chi connectivity index (χ3v) is 14.1. The first-order valence-corrected chi connectivity index (χ1v) is 16.6. The fraction of sp³-hybridized carbons (Fsp3) is 0.750. The lowest BCUT2D eigenvalue weighted by Gasteiger charge is -2.58. The van der Waals surface area contributed by atoms with E-state index in [1.54, 1.807) is 6.92 Å². The monoisotopic (exact) mass is 486 g/mol. The topological polar surface area (TPSA) is 34.1 Å². The maximum atomic E-state index is 12.2. The minimum Gasteiger partial charge on any atom is -0.300 e. The summed E-state index contributed by atoms with van der Waals surface area (Å²) < 4.78 is 0. The van der Waals surface area contributed by atoms with Crippen LogP contribution in [0.4, 0.5) is 0 Å². The summed E-state index contributed by atoms with van der Waals surface area (Å²) >= 11 is 0. The number of allylic oxidation sites excluding steroid dienone is 2. The molecule has 0 amide bonds. The highest BCUT2D eigenvalue weighted by Gasteiger charge is 2.60. The Morgan fingerprint density at radius 2 is 1.87 bits per heavy atom. The first kappa shape index (κ1) is 26.8. The van der Waals surface area contributed by atoms with Crippen molar-refractivity contribution in [2.45, 2.75) is 72.6 Å². The van der Waals surface area contributed by atoms with Gasteiger partial charge in [-0.25, -0.2) is 0 Å². The standard InChI is InChI=1S/C22H30O2.CH8P4.CH4/c1-4-22-12-9-16(24)13-15(22)5-6-17-19-8-7-18(14(2)23)21(19,3)11-10-20(17)22;2-1-5(3)4;/h4,13,17-20H,1,5-12H2,2-3H3;1-4H2;1H4/t17-,18+,19-,20-,21+,22-;;/m0../s1. The Labute approximate surface area is 192 Å². The lowest BCUT2D eigenvalue weighted by molar-refractivity contribution is -0.128. The van der Waals surface area contributed by atoms with Gasteiger partial charge in [0.25, 0.3) is 0 Å². The van der Waals surface area contributed by atoms with Gasteiger partial charge in [0.05, 0.1) is 0 Å². The minimum absolute atomic E-state index is 0. The first-order chi connectivity index (χ1) is 13.7. The second-order valence-electron chi connectivity index (χ2n) is 9.78. The predicted molar refractivity (Wildman–Crippen MR) is 143 cm³/mol. The quantitative estimate of drug-likeness (QED) is 0.308. The number of hydrogen-bond donors (Lipinski definition) is 0. The van der Waals surface area contributed by atoms with Crippen molar-refractivity contribution in [2.24, 2.45) is 34.5 Å². The van der Waals surface area contributed by atoms with Crippen molar-refractivity contribution in [3.05, 3.63) is 24.3 Å². The molecule has 0 aromatic heterocycles. The minimum atomic E-state index is 0. The molecule has 3 unspecified atom stereocenters. The number of Topliss-reactive ketones (excluding diaryl/α,β-unsaturated/α-hetero) is 1. The Morgan fingerprint density at radius 1 is 1.20 bits per heavy atom. The molecule has 4 rings (SSSR count). The second kappa shape index (κ2) is 10.6. The van der Waals surface area contributed by atoms with E-state index in [2.05, 4.69) is 46.7 Å². The molecule has 9 atom stereocenters. The van der Waals surface area contributed by atoms with Gasteiger partial charge in [0.2, 0.25) is 0 Å². The van der Waals surface area contributed by atoms with Crippen LogP contribution in [0.25, 0.3) is 0 Å². The van der Waals surface area contributed by atoms with Crippen molar-refractivity contribution < 1.29 is 9.59 Å². The number of fused-ring (bicyclic) bond motifs is 5. The third kappa shape index (κ3) is 4.75. The Bertz CT molecular complexity index is 703. The smallest absolute Gasteiger partial charge is 0.155 e. The second-order valence-corrected chi connectivity index (χ2v) is 18.0. The molecule has 30 heavy (non-hydrogen) atoms. The molecular weight excluding hydrogens is 444 g/mol. The van der Waals surface area contributed by atoms with Gasteiger partial charge in [-0.2, -0.15) is 0 Å². The van der Waals surface area contributed by atoms with Crippen LogP contribution in [0.5, 0.6) is 0 Å². The van der Waals surface area contributed by atoms with Gasteiger partial charge in [0, 0.05) is 17.8 Å².